The molecule has 1 aromatic heterocycles. The van der Waals surface area contributed by atoms with Gasteiger partial charge in [-0.15, -0.1) is 0 Å². The Bertz CT molecular complexity index is 773. The van der Waals surface area contributed by atoms with Crippen molar-refractivity contribution in [1.29, 1.82) is 0 Å². The Labute approximate surface area is 139 Å². The number of amides is 1. The number of rotatable bonds is 5. The third-order valence-corrected chi connectivity index (χ3v) is 3.37. The number of aliphatic carboxylic acids is 1. The number of para-hydroxylation sites is 1. The Kier molecular flexibility index (Phi) is 4.92. The number of aldehydes is 1. The maximum atomic E-state index is 11.8. The number of benzene rings is 1. The third kappa shape index (κ3) is 4.13. The number of ether oxygens (including phenoxy) is 1. The van der Waals surface area contributed by atoms with Gasteiger partial charge in [0.05, 0.1) is 5.52 Å². The topological polar surface area (TPSA) is 108 Å². The summed E-state index contributed by atoms with van der Waals surface area (Å²) in [7, 11) is 0. The molecule has 1 atom stereocenters. The molecule has 0 radical (unpaired) electrons. The molecular formula is C17H20N2O5. The minimum Gasteiger partial charge on any atom is -0.480 e. The van der Waals surface area contributed by atoms with Crippen molar-refractivity contribution in [2.45, 2.75) is 38.8 Å². The van der Waals surface area contributed by atoms with Gasteiger partial charge in [-0.3, -0.25) is 4.79 Å². The van der Waals surface area contributed by atoms with Crippen molar-refractivity contribution in [1.82, 2.24) is 10.3 Å². The monoisotopic (exact) mass is 332 g/mol. The number of hydrogen-bond donors (Lipinski definition) is 3. The zero-order chi connectivity index (χ0) is 17.9. The first-order chi connectivity index (χ1) is 11.2. The minimum absolute atomic E-state index is 0.0664. The lowest BCUT2D eigenvalue weighted by atomic mass is 10.0. The van der Waals surface area contributed by atoms with Crippen LogP contribution in [0, 0.1) is 0 Å². The number of alkyl carbamates (subject to hydrolysis) is 1. The third-order valence-electron chi connectivity index (χ3n) is 3.37. The molecule has 0 saturated heterocycles. The van der Waals surface area contributed by atoms with Gasteiger partial charge >= 0.3 is 12.1 Å². The van der Waals surface area contributed by atoms with Crippen LogP contribution in [0.15, 0.2) is 24.4 Å². The van der Waals surface area contributed by atoms with Crippen molar-refractivity contribution >= 4 is 29.3 Å². The Balaban J connectivity index is 2.21. The standard InChI is InChI=1S/C17H20N2O5/c1-17(2,3)24-16(23)19-13(15(21)22)7-11-8-18-14-10(9-20)5-4-6-12(11)14/h4-6,8-9,13,18H,7H2,1-3H3,(H,19,23)(H,21,22)/t13-/m0/s1. The second-order valence-corrected chi connectivity index (χ2v) is 6.44. The Morgan fingerprint density at radius 3 is 2.67 bits per heavy atom. The number of carbonyl (C=O) groups excluding carboxylic acids is 2. The summed E-state index contributed by atoms with van der Waals surface area (Å²) in [5, 5.41) is 12.5. The van der Waals surface area contributed by atoms with Crippen LogP contribution in [0.3, 0.4) is 0 Å². The van der Waals surface area contributed by atoms with Gasteiger partial charge in [0.1, 0.15) is 11.6 Å². The number of nitrogens with one attached hydrogen (secondary N) is 2. The lowest BCUT2D eigenvalue weighted by Gasteiger charge is -2.22. The summed E-state index contributed by atoms with van der Waals surface area (Å²) in [5.41, 5.74) is 1.11. The summed E-state index contributed by atoms with van der Waals surface area (Å²) in [4.78, 5) is 37.3. The lowest BCUT2D eigenvalue weighted by Crippen LogP contribution is -2.44. The molecule has 0 aliphatic rings. The molecule has 24 heavy (non-hydrogen) atoms. The molecule has 0 spiro atoms. The van der Waals surface area contributed by atoms with E-state index in [4.69, 9.17) is 4.74 Å². The van der Waals surface area contributed by atoms with Crippen molar-refractivity contribution < 1.29 is 24.2 Å². The van der Waals surface area contributed by atoms with E-state index in [2.05, 4.69) is 10.3 Å². The fourth-order valence-electron chi connectivity index (χ4n) is 2.37. The zero-order valence-corrected chi connectivity index (χ0v) is 13.8. The maximum Gasteiger partial charge on any atom is 0.408 e. The number of carboxylic acids is 1. The highest BCUT2D eigenvalue weighted by Crippen LogP contribution is 2.22. The van der Waals surface area contributed by atoms with Crippen LogP contribution in [0.5, 0.6) is 0 Å². The number of aromatic amines is 1. The van der Waals surface area contributed by atoms with Crippen molar-refractivity contribution in [3.63, 3.8) is 0 Å². The fraction of sp³-hybridized carbons (Fsp3) is 0.353. The number of aromatic nitrogens is 1. The number of carboxylic acid groups (broad SMARTS) is 1. The number of hydrogen-bond acceptors (Lipinski definition) is 4. The molecule has 0 aliphatic heterocycles. The molecule has 2 rings (SSSR count). The largest absolute Gasteiger partial charge is 0.480 e. The zero-order valence-electron chi connectivity index (χ0n) is 13.8. The van der Waals surface area contributed by atoms with Crippen LogP contribution in [0.1, 0.15) is 36.7 Å². The summed E-state index contributed by atoms with van der Waals surface area (Å²) >= 11 is 0. The summed E-state index contributed by atoms with van der Waals surface area (Å²) in [5.74, 6) is -1.17. The van der Waals surface area contributed by atoms with Crippen molar-refractivity contribution in [3.05, 3.63) is 35.5 Å². The predicted molar refractivity (Wildman–Crippen MR) is 88.2 cm³/mol. The van der Waals surface area contributed by atoms with Crippen molar-refractivity contribution in [2.24, 2.45) is 0 Å². The first kappa shape index (κ1) is 17.5. The lowest BCUT2D eigenvalue weighted by molar-refractivity contribution is -0.139. The Morgan fingerprint density at radius 1 is 1.38 bits per heavy atom. The van der Waals surface area contributed by atoms with E-state index in [0.717, 1.165) is 11.7 Å². The van der Waals surface area contributed by atoms with Crippen LogP contribution in [0.25, 0.3) is 10.9 Å². The summed E-state index contributed by atoms with van der Waals surface area (Å²) in [6.07, 6.45) is 1.65. The molecule has 128 valence electrons. The van der Waals surface area contributed by atoms with E-state index >= 15 is 0 Å². The SMILES string of the molecule is CC(C)(C)OC(=O)N[C@@H](Cc1c[nH]c2c(C=O)cccc12)C(=O)O. The van der Waals surface area contributed by atoms with Gasteiger partial charge in [-0.25, -0.2) is 9.59 Å². The average molecular weight is 332 g/mol. The van der Waals surface area contributed by atoms with Crippen molar-refractivity contribution in [3.8, 4) is 0 Å². The fourth-order valence-corrected chi connectivity index (χ4v) is 2.37. The average Bonchev–Trinajstić information content (AvgIpc) is 2.87. The van der Waals surface area contributed by atoms with Gasteiger partial charge in [-0.2, -0.15) is 0 Å². The van der Waals surface area contributed by atoms with Crippen LogP contribution >= 0.6 is 0 Å². The highest BCUT2D eigenvalue weighted by Gasteiger charge is 2.25. The van der Waals surface area contributed by atoms with Gasteiger partial charge in [0.15, 0.2) is 6.29 Å². The molecular weight excluding hydrogens is 312 g/mol. The number of H-pyrrole nitrogens is 1. The van der Waals surface area contributed by atoms with E-state index in [9.17, 15) is 19.5 Å². The molecule has 0 saturated carbocycles. The van der Waals surface area contributed by atoms with E-state index in [-0.39, 0.29) is 6.42 Å². The summed E-state index contributed by atoms with van der Waals surface area (Å²) in [6.45, 7) is 5.09. The van der Waals surface area contributed by atoms with Gasteiger partial charge in [0, 0.05) is 23.6 Å². The summed E-state index contributed by atoms with van der Waals surface area (Å²) < 4.78 is 5.09. The number of carbonyl (C=O) groups is 3. The quantitative estimate of drug-likeness (QED) is 0.729. The molecule has 1 heterocycles. The van der Waals surface area contributed by atoms with E-state index < -0.39 is 23.7 Å². The highest BCUT2D eigenvalue weighted by molar-refractivity contribution is 5.97. The molecule has 2 aromatic rings. The first-order valence-corrected chi connectivity index (χ1v) is 7.47. The predicted octanol–water partition coefficient (Wildman–Crippen LogP) is 2.50. The van der Waals surface area contributed by atoms with Crippen LogP contribution in [-0.2, 0) is 16.0 Å². The normalized spacial score (nSPS) is 12.6. The molecule has 7 heteroatoms. The van der Waals surface area contributed by atoms with Gasteiger partial charge < -0.3 is 20.1 Å². The van der Waals surface area contributed by atoms with E-state index in [0.29, 0.717) is 16.6 Å². The van der Waals surface area contributed by atoms with E-state index in [1.165, 1.54) is 0 Å². The van der Waals surface area contributed by atoms with Crippen LogP contribution < -0.4 is 5.32 Å². The van der Waals surface area contributed by atoms with Crippen LogP contribution in [0.4, 0.5) is 4.79 Å². The molecule has 0 bridgehead atoms. The Hall–Kier alpha value is -2.83. The van der Waals surface area contributed by atoms with Crippen LogP contribution in [0.2, 0.25) is 0 Å². The molecule has 1 aromatic carbocycles. The minimum atomic E-state index is -1.17. The molecule has 0 fully saturated rings. The van der Waals surface area contributed by atoms with Gasteiger partial charge in [0.2, 0.25) is 0 Å². The second kappa shape index (κ2) is 6.74. The Morgan fingerprint density at radius 2 is 2.08 bits per heavy atom. The maximum absolute atomic E-state index is 11.8. The van der Waals surface area contributed by atoms with Crippen molar-refractivity contribution in [2.75, 3.05) is 0 Å². The molecule has 3 N–H and O–H groups in total. The molecule has 0 aliphatic carbocycles. The highest BCUT2D eigenvalue weighted by atomic mass is 16.6. The smallest absolute Gasteiger partial charge is 0.408 e. The number of fused-ring (bicyclic) bond motifs is 1. The summed E-state index contributed by atoms with van der Waals surface area (Å²) in [6, 6.07) is 4.04. The van der Waals surface area contributed by atoms with Crippen LogP contribution in [-0.4, -0.2) is 40.1 Å². The molecule has 1 amide bonds. The van der Waals surface area contributed by atoms with Gasteiger partial charge in [0.25, 0.3) is 0 Å². The van der Waals surface area contributed by atoms with Gasteiger partial charge in [-0.1, -0.05) is 12.1 Å². The molecule has 7 nitrogen and oxygen atoms in total. The van der Waals surface area contributed by atoms with E-state index in [1.54, 1.807) is 45.2 Å². The van der Waals surface area contributed by atoms with Gasteiger partial charge in [-0.05, 0) is 32.4 Å². The molecule has 0 unspecified atom stereocenters. The van der Waals surface area contributed by atoms with E-state index in [1.807, 2.05) is 0 Å². The first-order valence-electron chi connectivity index (χ1n) is 7.47. The second-order valence-electron chi connectivity index (χ2n) is 6.44.